The van der Waals surface area contributed by atoms with E-state index in [1.807, 2.05) is 6.26 Å². The minimum atomic E-state index is 0.100. The molecule has 0 aliphatic carbocycles. The summed E-state index contributed by atoms with van der Waals surface area (Å²) in [6, 6.07) is 8.67. The van der Waals surface area contributed by atoms with Gasteiger partial charge in [0.25, 0.3) is 0 Å². The Morgan fingerprint density at radius 3 is 2.69 bits per heavy atom. The van der Waals surface area contributed by atoms with Crippen LogP contribution in [0, 0.1) is 6.92 Å². The van der Waals surface area contributed by atoms with Gasteiger partial charge < -0.3 is 10.5 Å². The molecule has 0 saturated heterocycles. The Morgan fingerprint density at radius 2 is 2.06 bits per heavy atom. The van der Waals surface area contributed by atoms with Gasteiger partial charge in [0, 0.05) is 6.04 Å². The Kier molecular flexibility index (Phi) is 3.62. The monoisotopic (exact) mass is 217 g/mol. The molecule has 0 amide bonds. The second-order valence-corrected chi connectivity index (χ2v) is 4.46. The van der Waals surface area contributed by atoms with E-state index in [0.717, 1.165) is 25.9 Å². The van der Waals surface area contributed by atoms with Gasteiger partial charge >= 0.3 is 0 Å². The fourth-order valence-corrected chi connectivity index (χ4v) is 1.97. The van der Waals surface area contributed by atoms with E-state index >= 15 is 0 Å². The minimum Gasteiger partial charge on any atom is -0.501 e. The highest BCUT2D eigenvalue weighted by atomic mass is 16.5. The molecule has 2 heteroatoms. The van der Waals surface area contributed by atoms with E-state index in [1.54, 1.807) is 0 Å². The summed E-state index contributed by atoms with van der Waals surface area (Å²) in [7, 11) is 0. The van der Waals surface area contributed by atoms with E-state index < -0.39 is 0 Å². The third kappa shape index (κ3) is 2.86. The third-order valence-corrected chi connectivity index (χ3v) is 3.01. The van der Waals surface area contributed by atoms with Crippen LogP contribution in [-0.4, -0.2) is 12.6 Å². The average molecular weight is 217 g/mol. The molecule has 2 rings (SSSR count). The quantitative estimate of drug-likeness (QED) is 0.844. The summed E-state index contributed by atoms with van der Waals surface area (Å²) in [6.45, 7) is 2.93. The fraction of sp³-hybridized carbons (Fsp3) is 0.429. The second kappa shape index (κ2) is 5.17. The highest BCUT2D eigenvalue weighted by Crippen LogP contribution is 2.17. The maximum atomic E-state index is 6.17. The number of ether oxygens (including phenoxy) is 1. The van der Waals surface area contributed by atoms with Crippen LogP contribution in [0.15, 0.2) is 36.1 Å². The zero-order chi connectivity index (χ0) is 11.4. The van der Waals surface area contributed by atoms with Crippen molar-refractivity contribution in [3.05, 3.63) is 47.2 Å². The number of rotatable bonds is 3. The molecule has 0 fully saturated rings. The lowest BCUT2D eigenvalue weighted by Crippen LogP contribution is -2.27. The van der Waals surface area contributed by atoms with Crippen LogP contribution < -0.4 is 5.73 Å². The molecule has 2 N–H and O–H groups in total. The first kappa shape index (κ1) is 11.2. The first-order valence-corrected chi connectivity index (χ1v) is 5.87. The molecule has 0 saturated carbocycles. The van der Waals surface area contributed by atoms with Gasteiger partial charge in [-0.15, -0.1) is 0 Å². The highest BCUT2D eigenvalue weighted by molar-refractivity contribution is 5.24. The maximum Gasteiger partial charge on any atom is 0.0876 e. The standard InChI is InChI=1S/C14H19NO/c1-11-4-6-12(7-5-11)9-14(15)13-3-2-8-16-10-13/h4-7,10,14H,2-3,8-9,15H2,1H3. The van der Waals surface area contributed by atoms with Gasteiger partial charge in [-0.25, -0.2) is 0 Å². The number of benzene rings is 1. The third-order valence-electron chi connectivity index (χ3n) is 3.01. The Morgan fingerprint density at radius 1 is 1.31 bits per heavy atom. The predicted molar refractivity (Wildman–Crippen MR) is 66.1 cm³/mol. The Balaban J connectivity index is 1.98. The number of aryl methyl sites for hydroxylation is 1. The van der Waals surface area contributed by atoms with Gasteiger partial charge in [0.05, 0.1) is 12.9 Å². The Hall–Kier alpha value is -1.28. The van der Waals surface area contributed by atoms with Crippen molar-refractivity contribution in [2.45, 2.75) is 32.2 Å². The Labute approximate surface area is 97.1 Å². The number of nitrogens with two attached hydrogens (primary N) is 1. The second-order valence-electron chi connectivity index (χ2n) is 4.46. The highest BCUT2D eigenvalue weighted by Gasteiger charge is 2.13. The molecule has 16 heavy (non-hydrogen) atoms. The smallest absolute Gasteiger partial charge is 0.0876 e. The van der Waals surface area contributed by atoms with Crippen LogP contribution >= 0.6 is 0 Å². The summed E-state index contributed by atoms with van der Waals surface area (Å²) in [6.07, 6.45) is 4.91. The van der Waals surface area contributed by atoms with Crippen LogP contribution in [0.3, 0.4) is 0 Å². The molecule has 1 heterocycles. The molecule has 0 aromatic heterocycles. The van der Waals surface area contributed by atoms with Crippen molar-refractivity contribution < 1.29 is 4.74 Å². The summed E-state index contributed by atoms with van der Waals surface area (Å²) in [5, 5.41) is 0. The minimum absolute atomic E-state index is 0.100. The van der Waals surface area contributed by atoms with E-state index in [4.69, 9.17) is 10.5 Å². The van der Waals surface area contributed by atoms with Gasteiger partial charge in [-0.2, -0.15) is 0 Å². The predicted octanol–water partition coefficient (Wildman–Crippen LogP) is 2.56. The molecule has 1 atom stereocenters. The SMILES string of the molecule is Cc1ccc(CC(N)C2=COCCC2)cc1. The largest absolute Gasteiger partial charge is 0.501 e. The van der Waals surface area contributed by atoms with E-state index in [-0.39, 0.29) is 6.04 Å². The van der Waals surface area contributed by atoms with Gasteiger partial charge in [-0.05, 0) is 37.3 Å². The first-order chi connectivity index (χ1) is 7.75. The van der Waals surface area contributed by atoms with Crippen molar-refractivity contribution in [1.82, 2.24) is 0 Å². The van der Waals surface area contributed by atoms with Crippen LogP contribution in [0.4, 0.5) is 0 Å². The lowest BCUT2D eigenvalue weighted by atomic mass is 9.96. The number of hydrogen-bond acceptors (Lipinski definition) is 2. The summed E-state index contributed by atoms with van der Waals surface area (Å²) >= 11 is 0. The van der Waals surface area contributed by atoms with Crippen LogP contribution in [0.5, 0.6) is 0 Å². The van der Waals surface area contributed by atoms with Crippen molar-refractivity contribution >= 4 is 0 Å². The maximum absolute atomic E-state index is 6.17. The van der Waals surface area contributed by atoms with E-state index in [0.29, 0.717) is 0 Å². The lowest BCUT2D eigenvalue weighted by molar-refractivity contribution is 0.221. The molecule has 1 unspecified atom stereocenters. The zero-order valence-corrected chi connectivity index (χ0v) is 9.78. The normalized spacial score (nSPS) is 17.5. The summed E-state index contributed by atoms with van der Waals surface area (Å²) in [4.78, 5) is 0. The molecular weight excluding hydrogens is 198 g/mol. The van der Waals surface area contributed by atoms with Crippen LogP contribution in [0.1, 0.15) is 24.0 Å². The van der Waals surface area contributed by atoms with Crippen molar-refractivity contribution in [2.24, 2.45) is 5.73 Å². The first-order valence-electron chi connectivity index (χ1n) is 5.87. The van der Waals surface area contributed by atoms with Gasteiger partial charge in [0.15, 0.2) is 0 Å². The molecule has 1 aromatic carbocycles. The van der Waals surface area contributed by atoms with Crippen LogP contribution in [0.25, 0.3) is 0 Å². The van der Waals surface area contributed by atoms with Gasteiger partial charge in [0.2, 0.25) is 0 Å². The van der Waals surface area contributed by atoms with Crippen molar-refractivity contribution in [2.75, 3.05) is 6.61 Å². The summed E-state index contributed by atoms with van der Waals surface area (Å²) < 4.78 is 5.32. The molecule has 86 valence electrons. The summed E-state index contributed by atoms with van der Waals surface area (Å²) in [5.41, 5.74) is 10.00. The van der Waals surface area contributed by atoms with Gasteiger partial charge in [0.1, 0.15) is 0 Å². The van der Waals surface area contributed by atoms with E-state index in [2.05, 4.69) is 31.2 Å². The average Bonchev–Trinajstić information content (AvgIpc) is 2.33. The molecular formula is C14H19NO. The van der Waals surface area contributed by atoms with Crippen molar-refractivity contribution in [3.63, 3.8) is 0 Å². The van der Waals surface area contributed by atoms with E-state index in [1.165, 1.54) is 16.7 Å². The molecule has 0 bridgehead atoms. The van der Waals surface area contributed by atoms with Gasteiger partial charge in [-0.3, -0.25) is 0 Å². The molecule has 0 radical (unpaired) electrons. The number of hydrogen-bond donors (Lipinski definition) is 1. The molecule has 1 aliphatic rings. The fourth-order valence-electron chi connectivity index (χ4n) is 1.97. The van der Waals surface area contributed by atoms with Crippen molar-refractivity contribution in [1.29, 1.82) is 0 Å². The Bertz CT molecular complexity index is 367. The zero-order valence-electron chi connectivity index (χ0n) is 9.78. The molecule has 2 nitrogen and oxygen atoms in total. The summed E-state index contributed by atoms with van der Waals surface area (Å²) in [5.74, 6) is 0. The van der Waals surface area contributed by atoms with E-state index in [9.17, 15) is 0 Å². The molecule has 1 aromatic rings. The topological polar surface area (TPSA) is 35.2 Å². The molecule has 1 aliphatic heterocycles. The van der Waals surface area contributed by atoms with Crippen molar-refractivity contribution in [3.8, 4) is 0 Å². The van der Waals surface area contributed by atoms with Gasteiger partial charge in [-0.1, -0.05) is 29.8 Å². The van der Waals surface area contributed by atoms with Crippen LogP contribution in [-0.2, 0) is 11.2 Å². The van der Waals surface area contributed by atoms with Crippen LogP contribution in [0.2, 0.25) is 0 Å². The molecule has 0 spiro atoms. The lowest BCUT2D eigenvalue weighted by Gasteiger charge is -2.19.